The first kappa shape index (κ1) is 13.7. The first-order valence-corrected chi connectivity index (χ1v) is 8.06. The largest absolute Gasteiger partial charge is 0.310 e. The highest BCUT2D eigenvalue weighted by Gasteiger charge is 2.41. The van der Waals surface area contributed by atoms with Crippen LogP contribution >= 0.6 is 23.2 Å². The molecule has 4 atom stereocenters. The summed E-state index contributed by atoms with van der Waals surface area (Å²) >= 11 is 12.2. The molecule has 2 saturated carbocycles. The summed E-state index contributed by atoms with van der Waals surface area (Å²) in [6.07, 6.45) is 5.80. The van der Waals surface area contributed by atoms with Crippen LogP contribution in [0.2, 0.25) is 10.0 Å². The van der Waals surface area contributed by atoms with Crippen LogP contribution in [0.15, 0.2) is 18.2 Å². The van der Waals surface area contributed by atoms with Gasteiger partial charge in [0.1, 0.15) is 0 Å². The van der Waals surface area contributed by atoms with Crippen LogP contribution in [0.25, 0.3) is 0 Å². The molecule has 104 valence electrons. The van der Waals surface area contributed by atoms with Crippen LogP contribution in [-0.4, -0.2) is 6.04 Å². The molecule has 2 bridgehead atoms. The zero-order chi connectivity index (χ0) is 13.4. The minimum Gasteiger partial charge on any atom is -0.310 e. The van der Waals surface area contributed by atoms with Gasteiger partial charge < -0.3 is 5.32 Å². The Balaban J connectivity index is 1.58. The number of fused-ring (bicyclic) bond motifs is 2. The Bertz CT molecular complexity index is 460. The lowest BCUT2D eigenvalue weighted by Gasteiger charge is -2.28. The van der Waals surface area contributed by atoms with E-state index in [4.69, 9.17) is 23.2 Å². The van der Waals surface area contributed by atoms with Gasteiger partial charge in [-0.05, 0) is 67.7 Å². The minimum atomic E-state index is 0.574. The van der Waals surface area contributed by atoms with Crippen LogP contribution in [0.5, 0.6) is 0 Å². The van der Waals surface area contributed by atoms with Crippen molar-refractivity contribution in [2.45, 2.75) is 45.2 Å². The SMILES string of the molecule is CC(NCc1cc(Cl)ccc1Cl)C1CC2CCC1C2. The molecule has 0 amide bonds. The van der Waals surface area contributed by atoms with Gasteiger partial charge in [-0.3, -0.25) is 0 Å². The monoisotopic (exact) mass is 297 g/mol. The van der Waals surface area contributed by atoms with Crippen LogP contribution in [0.3, 0.4) is 0 Å². The quantitative estimate of drug-likeness (QED) is 0.833. The summed E-state index contributed by atoms with van der Waals surface area (Å²) in [5.41, 5.74) is 1.10. The lowest BCUT2D eigenvalue weighted by molar-refractivity contribution is 0.259. The van der Waals surface area contributed by atoms with Crippen molar-refractivity contribution in [2.75, 3.05) is 0 Å². The molecule has 0 saturated heterocycles. The number of hydrogen-bond donors (Lipinski definition) is 1. The van der Waals surface area contributed by atoms with Gasteiger partial charge in [-0.2, -0.15) is 0 Å². The third-order valence-electron chi connectivity index (χ3n) is 5.06. The van der Waals surface area contributed by atoms with E-state index in [1.54, 1.807) is 0 Å². The van der Waals surface area contributed by atoms with Crippen LogP contribution in [0, 0.1) is 17.8 Å². The number of hydrogen-bond acceptors (Lipinski definition) is 1. The average molecular weight is 298 g/mol. The third kappa shape index (κ3) is 2.94. The molecule has 0 aliphatic heterocycles. The Hall–Kier alpha value is -0.240. The molecule has 3 rings (SSSR count). The van der Waals surface area contributed by atoms with Crippen molar-refractivity contribution in [3.8, 4) is 0 Å². The van der Waals surface area contributed by atoms with E-state index in [1.807, 2.05) is 18.2 Å². The second kappa shape index (κ2) is 5.63. The molecule has 0 radical (unpaired) electrons. The van der Waals surface area contributed by atoms with E-state index in [9.17, 15) is 0 Å². The van der Waals surface area contributed by atoms with E-state index in [1.165, 1.54) is 25.7 Å². The maximum absolute atomic E-state index is 6.20. The standard InChI is InChI=1S/C16H21Cl2N/c1-10(15-7-11-2-3-12(15)6-11)19-9-13-8-14(17)4-5-16(13)18/h4-5,8,10-12,15,19H,2-3,6-7,9H2,1H3. The van der Waals surface area contributed by atoms with E-state index >= 15 is 0 Å². The summed E-state index contributed by atoms with van der Waals surface area (Å²) in [6.45, 7) is 3.14. The maximum Gasteiger partial charge on any atom is 0.0451 e. The molecule has 0 aromatic heterocycles. The zero-order valence-electron chi connectivity index (χ0n) is 11.3. The molecule has 2 aliphatic rings. The topological polar surface area (TPSA) is 12.0 Å². The fourth-order valence-corrected chi connectivity index (χ4v) is 4.39. The zero-order valence-corrected chi connectivity index (χ0v) is 12.8. The van der Waals surface area contributed by atoms with Gasteiger partial charge in [0.15, 0.2) is 0 Å². The number of rotatable bonds is 4. The van der Waals surface area contributed by atoms with Crippen molar-refractivity contribution in [2.24, 2.45) is 17.8 Å². The highest BCUT2D eigenvalue weighted by molar-refractivity contribution is 6.33. The highest BCUT2D eigenvalue weighted by atomic mass is 35.5. The number of halogens is 2. The van der Waals surface area contributed by atoms with E-state index in [0.29, 0.717) is 6.04 Å². The molecular formula is C16H21Cl2N. The predicted molar refractivity (Wildman–Crippen MR) is 81.7 cm³/mol. The molecule has 0 spiro atoms. The summed E-state index contributed by atoms with van der Waals surface area (Å²) in [4.78, 5) is 0. The molecule has 4 unspecified atom stereocenters. The van der Waals surface area contributed by atoms with E-state index in [-0.39, 0.29) is 0 Å². The summed E-state index contributed by atoms with van der Waals surface area (Å²) < 4.78 is 0. The molecule has 2 fully saturated rings. The smallest absolute Gasteiger partial charge is 0.0451 e. The first-order valence-electron chi connectivity index (χ1n) is 7.31. The lowest BCUT2D eigenvalue weighted by atomic mass is 9.84. The van der Waals surface area contributed by atoms with E-state index in [0.717, 1.165) is 39.9 Å². The second-order valence-electron chi connectivity index (χ2n) is 6.24. The normalized spacial score (nSPS) is 30.8. The van der Waals surface area contributed by atoms with Gasteiger partial charge in [0, 0.05) is 22.6 Å². The summed E-state index contributed by atoms with van der Waals surface area (Å²) in [6, 6.07) is 6.26. The predicted octanol–water partition coefficient (Wildman–Crippen LogP) is 4.91. The van der Waals surface area contributed by atoms with Crippen molar-refractivity contribution in [3.05, 3.63) is 33.8 Å². The number of benzene rings is 1. The van der Waals surface area contributed by atoms with Crippen LogP contribution in [0.1, 0.15) is 38.2 Å². The fraction of sp³-hybridized carbons (Fsp3) is 0.625. The molecule has 1 N–H and O–H groups in total. The summed E-state index contributed by atoms with van der Waals surface area (Å²) in [7, 11) is 0. The summed E-state index contributed by atoms with van der Waals surface area (Å²) in [5, 5.41) is 5.21. The first-order chi connectivity index (χ1) is 9.13. The van der Waals surface area contributed by atoms with E-state index < -0.39 is 0 Å². The van der Waals surface area contributed by atoms with Crippen LogP contribution < -0.4 is 5.32 Å². The molecule has 2 aliphatic carbocycles. The average Bonchev–Trinajstić information content (AvgIpc) is 3.02. The Morgan fingerprint density at radius 1 is 1.26 bits per heavy atom. The van der Waals surface area contributed by atoms with Gasteiger partial charge >= 0.3 is 0 Å². The van der Waals surface area contributed by atoms with Gasteiger partial charge in [0.05, 0.1) is 0 Å². The van der Waals surface area contributed by atoms with Crippen molar-refractivity contribution < 1.29 is 0 Å². The van der Waals surface area contributed by atoms with Gasteiger partial charge in [-0.15, -0.1) is 0 Å². The van der Waals surface area contributed by atoms with Crippen LogP contribution in [0.4, 0.5) is 0 Å². The fourth-order valence-electron chi connectivity index (χ4n) is 4.01. The molecule has 1 nitrogen and oxygen atoms in total. The number of nitrogens with one attached hydrogen (secondary N) is 1. The van der Waals surface area contributed by atoms with Crippen molar-refractivity contribution in [1.82, 2.24) is 5.32 Å². The Morgan fingerprint density at radius 3 is 2.79 bits per heavy atom. The minimum absolute atomic E-state index is 0.574. The van der Waals surface area contributed by atoms with Gasteiger partial charge in [0.2, 0.25) is 0 Å². The molecular weight excluding hydrogens is 277 g/mol. The molecule has 0 heterocycles. The molecule has 19 heavy (non-hydrogen) atoms. The van der Waals surface area contributed by atoms with Crippen molar-refractivity contribution in [3.63, 3.8) is 0 Å². The molecule has 1 aromatic rings. The lowest BCUT2D eigenvalue weighted by Crippen LogP contribution is -2.35. The van der Waals surface area contributed by atoms with Gasteiger partial charge in [-0.25, -0.2) is 0 Å². The Morgan fingerprint density at radius 2 is 2.11 bits per heavy atom. The van der Waals surface area contributed by atoms with E-state index in [2.05, 4.69) is 12.2 Å². The molecule has 3 heteroatoms. The van der Waals surface area contributed by atoms with Gasteiger partial charge in [-0.1, -0.05) is 29.6 Å². The highest BCUT2D eigenvalue weighted by Crippen LogP contribution is 2.49. The van der Waals surface area contributed by atoms with Gasteiger partial charge in [0.25, 0.3) is 0 Å². The van der Waals surface area contributed by atoms with Crippen molar-refractivity contribution >= 4 is 23.2 Å². The Labute approximate surface area is 125 Å². The van der Waals surface area contributed by atoms with Crippen molar-refractivity contribution in [1.29, 1.82) is 0 Å². The Kier molecular flexibility index (Phi) is 4.07. The third-order valence-corrected chi connectivity index (χ3v) is 5.66. The molecule has 1 aromatic carbocycles. The summed E-state index contributed by atoms with van der Waals surface area (Å²) in [5.74, 6) is 2.83. The maximum atomic E-state index is 6.20. The van der Waals surface area contributed by atoms with Crippen LogP contribution in [-0.2, 0) is 6.54 Å². The second-order valence-corrected chi connectivity index (χ2v) is 7.09.